The van der Waals surface area contributed by atoms with Crippen LogP contribution in [0.1, 0.15) is 10.4 Å². The lowest BCUT2D eigenvalue weighted by Gasteiger charge is -2.06. The van der Waals surface area contributed by atoms with Crippen LogP contribution in [0.3, 0.4) is 0 Å². The van der Waals surface area contributed by atoms with E-state index < -0.39 is 0 Å². The molecule has 0 unspecified atom stereocenters. The summed E-state index contributed by atoms with van der Waals surface area (Å²) in [6.45, 7) is 0. The Morgan fingerprint density at radius 2 is 1.82 bits per heavy atom. The Hall–Kier alpha value is -2.07. The van der Waals surface area contributed by atoms with Crippen molar-refractivity contribution in [2.75, 3.05) is 14.2 Å². The third kappa shape index (κ3) is 2.37. The van der Waals surface area contributed by atoms with Crippen LogP contribution in [0, 0.1) is 0 Å². The molecular weight excluding hydrogens is 216 g/mol. The van der Waals surface area contributed by atoms with Gasteiger partial charge in [-0.1, -0.05) is 12.1 Å². The zero-order chi connectivity index (χ0) is 12.3. The Morgan fingerprint density at radius 3 is 2.53 bits per heavy atom. The molecule has 1 amide bonds. The molecule has 0 aliphatic carbocycles. The molecule has 2 aromatic rings. The molecule has 0 aliphatic heterocycles. The van der Waals surface area contributed by atoms with Crippen molar-refractivity contribution in [1.29, 1.82) is 0 Å². The van der Waals surface area contributed by atoms with Crippen LogP contribution in [-0.4, -0.2) is 20.1 Å². The topological polar surface area (TPSA) is 50.4 Å². The summed E-state index contributed by atoms with van der Waals surface area (Å²) in [5, 5.41) is 2.06. The van der Waals surface area contributed by atoms with Gasteiger partial charge in [0.05, 0.1) is 7.11 Å². The largest absolute Gasteiger partial charge is 0.497 e. The number of carbonyl (C=O) groups excluding carboxylic acids is 1. The van der Waals surface area contributed by atoms with Crippen molar-refractivity contribution in [3.05, 3.63) is 42.0 Å². The number of hydrogen-bond acceptors (Lipinski definition) is 3. The van der Waals surface area contributed by atoms with Crippen molar-refractivity contribution < 1.29 is 9.53 Å². The van der Waals surface area contributed by atoms with Gasteiger partial charge >= 0.3 is 0 Å². The number of fused-ring (bicyclic) bond motifs is 1. The highest BCUT2D eigenvalue weighted by molar-refractivity contribution is 5.98. The summed E-state index contributed by atoms with van der Waals surface area (Å²) < 4.78 is 5.15. The number of nitrogens with one attached hydrogen (secondary N) is 2. The fourth-order valence-corrected chi connectivity index (χ4v) is 1.68. The molecule has 88 valence electrons. The molecule has 0 saturated heterocycles. The van der Waals surface area contributed by atoms with Crippen molar-refractivity contribution in [1.82, 2.24) is 10.9 Å². The molecule has 0 bridgehead atoms. The van der Waals surface area contributed by atoms with Crippen LogP contribution < -0.4 is 15.6 Å². The lowest BCUT2D eigenvalue weighted by atomic mass is 10.1. The van der Waals surface area contributed by atoms with Gasteiger partial charge in [-0.05, 0) is 35.0 Å². The summed E-state index contributed by atoms with van der Waals surface area (Å²) in [5.41, 5.74) is 5.77. The lowest BCUT2D eigenvalue weighted by molar-refractivity contribution is 0.0938. The van der Waals surface area contributed by atoms with Crippen LogP contribution in [-0.2, 0) is 0 Å². The Morgan fingerprint density at radius 1 is 1.12 bits per heavy atom. The molecular formula is C13H14N2O2. The van der Waals surface area contributed by atoms with Gasteiger partial charge in [-0.25, -0.2) is 5.43 Å². The number of amides is 1. The van der Waals surface area contributed by atoms with Crippen molar-refractivity contribution in [3.8, 4) is 5.75 Å². The maximum Gasteiger partial charge on any atom is 0.265 e. The number of rotatable bonds is 3. The third-order valence-electron chi connectivity index (χ3n) is 2.55. The fourth-order valence-electron chi connectivity index (χ4n) is 1.68. The minimum absolute atomic E-state index is 0.148. The number of benzene rings is 2. The van der Waals surface area contributed by atoms with E-state index in [0.717, 1.165) is 16.5 Å². The quantitative estimate of drug-likeness (QED) is 0.789. The molecule has 4 nitrogen and oxygen atoms in total. The average molecular weight is 230 g/mol. The lowest BCUT2D eigenvalue weighted by Crippen LogP contribution is -2.34. The molecule has 0 heterocycles. The maximum absolute atomic E-state index is 11.6. The van der Waals surface area contributed by atoms with E-state index in [-0.39, 0.29) is 5.91 Å². The second kappa shape index (κ2) is 4.84. The highest BCUT2D eigenvalue weighted by Gasteiger charge is 2.05. The number of hydrazine groups is 1. The van der Waals surface area contributed by atoms with E-state index in [1.54, 1.807) is 20.2 Å². The summed E-state index contributed by atoms with van der Waals surface area (Å²) in [6.07, 6.45) is 0. The normalized spacial score (nSPS) is 10.2. The predicted octanol–water partition coefficient (Wildman–Crippen LogP) is 1.71. The monoisotopic (exact) mass is 230 g/mol. The molecule has 0 radical (unpaired) electrons. The third-order valence-corrected chi connectivity index (χ3v) is 2.55. The van der Waals surface area contributed by atoms with Gasteiger partial charge < -0.3 is 4.74 Å². The molecule has 2 rings (SSSR count). The molecule has 2 N–H and O–H groups in total. The summed E-state index contributed by atoms with van der Waals surface area (Å²) in [4.78, 5) is 11.6. The van der Waals surface area contributed by atoms with E-state index in [2.05, 4.69) is 10.9 Å². The second-order valence-electron chi connectivity index (χ2n) is 3.63. The first-order valence-electron chi connectivity index (χ1n) is 5.29. The van der Waals surface area contributed by atoms with E-state index in [9.17, 15) is 4.79 Å². The van der Waals surface area contributed by atoms with Crippen LogP contribution in [0.4, 0.5) is 0 Å². The molecule has 0 fully saturated rings. The highest BCUT2D eigenvalue weighted by atomic mass is 16.5. The standard InChI is InChI=1S/C13H14N2O2/c1-14-15-13(16)11-4-3-10-8-12(17-2)6-5-9(10)7-11/h3-8,14H,1-2H3,(H,15,16). The minimum Gasteiger partial charge on any atom is -0.497 e. The summed E-state index contributed by atoms with van der Waals surface area (Å²) in [6, 6.07) is 11.3. The molecule has 17 heavy (non-hydrogen) atoms. The van der Waals surface area contributed by atoms with Gasteiger partial charge in [0.2, 0.25) is 0 Å². The van der Waals surface area contributed by atoms with Crippen molar-refractivity contribution in [2.24, 2.45) is 0 Å². The van der Waals surface area contributed by atoms with Crippen molar-refractivity contribution >= 4 is 16.7 Å². The van der Waals surface area contributed by atoms with E-state index in [1.165, 1.54) is 0 Å². The van der Waals surface area contributed by atoms with E-state index in [0.29, 0.717) is 5.56 Å². The number of methoxy groups -OCH3 is 1. The Bertz CT molecular complexity index is 552. The molecule has 2 aromatic carbocycles. The smallest absolute Gasteiger partial charge is 0.265 e. The SMILES string of the molecule is CNNC(=O)c1ccc2cc(OC)ccc2c1. The first-order valence-corrected chi connectivity index (χ1v) is 5.29. The number of ether oxygens (including phenoxy) is 1. The van der Waals surface area contributed by atoms with Gasteiger partial charge in [0.15, 0.2) is 0 Å². The van der Waals surface area contributed by atoms with Gasteiger partial charge in [-0.2, -0.15) is 0 Å². The van der Waals surface area contributed by atoms with Crippen molar-refractivity contribution in [3.63, 3.8) is 0 Å². The first-order chi connectivity index (χ1) is 8.24. The summed E-state index contributed by atoms with van der Waals surface area (Å²) in [7, 11) is 3.29. The van der Waals surface area contributed by atoms with Crippen molar-refractivity contribution in [2.45, 2.75) is 0 Å². The second-order valence-corrected chi connectivity index (χ2v) is 3.63. The van der Waals surface area contributed by atoms with Crippen LogP contribution in [0.25, 0.3) is 10.8 Å². The molecule has 0 saturated carbocycles. The zero-order valence-corrected chi connectivity index (χ0v) is 9.78. The van der Waals surface area contributed by atoms with E-state index in [1.807, 2.05) is 30.3 Å². The van der Waals surface area contributed by atoms with E-state index in [4.69, 9.17) is 4.74 Å². The molecule has 0 spiro atoms. The van der Waals surface area contributed by atoms with Crippen LogP contribution >= 0.6 is 0 Å². The fraction of sp³-hybridized carbons (Fsp3) is 0.154. The Kier molecular flexibility index (Phi) is 3.25. The summed E-state index contributed by atoms with van der Waals surface area (Å²) in [5.74, 6) is 0.662. The number of carbonyl (C=O) groups is 1. The maximum atomic E-state index is 11.6. The highest BCUT2D eigenvalue weighted by Crippen LogP contribution is 2.21. The van der Waals surface area contributed by atoms with Crippen LogP contribution in [0.5, 0.6) is 5.75 Å². The number of hydrogen-bond donors (Lipinski definition) is 2. The first kappa shape index (κ1) is 11.4. The Labute approximate surface area is 99.6 Å². The van der Waals surface area contributed by atoms with Gasteiger partial charge in [0.1, 0.15) is 5.75 Å². The average Bonchev–Trinajstić information content (AvgIpc) is 2.37. The van der Waals surface area contributed by atoms with Crippen LogP contribution in [0.15, 0.2) is 36.4 Å². The molecule has 0 aromatic heterocycles. The zero-order valence-electron chi connectivity index (χ0n) is 9.78. The molecule has 4 heteroatoms. The van der Waals surface area contributed by atoms with Gasteiger partial charge in [0.25, 0.3) is 5.91 Å². The minimum atomic E-state index is -0.148. The van der Waals surface area contributed by atoms with Crippen LogP contribution in [0.2, 0.25) is 0 Å². The van der Waals surface area contributed by atoms with Gasteiger partial charge in [-0.15, -0.1) is 0 Å². The molecule has 0 aliphatic rings. The van der Waals surface area contributed by atoms with E-state index >= 15 is 0 Å². The van der Waals surface area contributed by atoms with Gasteiger partial charge in [0, 0.05) is 12.6 Å². The Balaban J connectivity index is 2.41. The van der Waals surface area contributed by atoms with Gasteiger partial charge in [-0.3, -0.25) is 10.2 Å². The molecule has 0 atom stereocenters. The predicted molar refractivity (Wildman–Crippen MR) is 67.0 cm³/mol. The summed E-state index contributed by atoms with van der Waals surface area (Å²) >= 11 is 0.